The highest BCUT2D eigenvalue weighted by molar-refractivity contribution is 9.10. The molecule has 85 heavy (non-hydrogen) atoms. The Hall–Kier alpha value is -7.60. The summed E-state index contributed by atoms with van der Waals surface area (Å²) in [6.45, 7) is 41.7. The number of aromatic nitrogens is 4. The number of benzene rings is 6. The van der Waals surface area contributed by atoms with Crippen LogP contribution in [0.4, 0.5) is 0 Å². The summed E-state index contributed by atoms with van der Waals surface area (Å²) in [5, 5.41) is 0. The third kappa shape index (κ3) is 12.2. The summed E-state index contributed by atoms with van der Waals surface area (Å²) in [5.41, 5.74) is 27.9. The molecule has 432 valence electrons. The maximum atomic E-state index is 5.86. The van der Waals surface area contributed by atoms with Crippen molar-refractivity contribution in [3.8, 4) is 66.8 Å². The van der Waals surface area contributed by atoms with E-state index in [0.717, 1.165) is 105 Å². The summed E-state index contributed by atoms with van der Waals surface area (Å²) >= 11 is 3.60. The quantitative estimate of drug-likeness (QED) is 0.174. The second kappa shape index (κ2) is 21.4. The van der Waals surface area contributed by atoms with Crippen molar-refractivity contribution in [1.29, 1.82) is 0 Å². The lowest BCUT2D eigenvalue weighted by atomic mass is 9.78. The topological polar surface area (TPSA) is 57.4 Å². The minimum absolute atomic E-state index is 0.105. The molecule has 0 radical (unpaired) electrons. The van der Waals surface area contributed by atoms with Crippen molar-refractivity contribution >= 4 is 62.3 Å². The zero-order valence-corrected chi connectivity index (χ0v) is 55.1. The molecule has 2 aliphatic heterocycles. The van der Waals surface area contributed by atoms with Gasteiger partial charge in [-0.25, -0.2) is 9.97 Å². The molecule has 0 aliphatic carbocycles. The molecule has 8 bridgehead atoms. The van der Waals surface area contributed by atoms with Crippen molar-refractivity contribution in [2.24, 2.45) is 0 Å². The van der Waals surface area contributed by atoms with Gasteiger partial charge in [0, 0.05) is 48.8 Å². The maximum Gasteiger partial charge on any atom is 0.0737 e. The zero-order chi connectivity index (χ0) is 60.9. The fraction of sp³-hybridized carbons (Fsp3) is 0.300. The number of nitrogens with zero attached hydrogens (tertiary/aromatic N) is 2. The first-order valence-corrected chi connectivity index (χ1v) is 31.2. The number of fused-ring (bicyclic) bond motifs is 8. The fourth-order valence-electron chi connectivity index (χ4n) is 11.7. The van der Waals surface area contributed by atoms with Gasteiger partial charge in [-0.1, -0.05) is 256 Å². The van der Waals surface area contributed by atoms with Crippen LogP contribution in [-0.4, -0.2) is 19.9 Å². The van der Waals surface area contributed by atoms with E-state index in [9.17, 15) is 0 Å². The van der Waals surface area contributed by atoms with Crippen molar-refractivity contribution in [2.75, 3.05) is 0 Å². The van der Waals surface area contributed by atoms with E-state index >= 15 is 0 Å². The van der Waals surface area contributed by atoms with Crippen molar-refractivity contribution in [1.82, 2.24) is 19.9 Å². The van der Waals surface area contributed by atoms with Crippen LogP contribution in [0.25, 0.3) is 113 Å². The first kappa shape index (κ1) is 59.1. The second-order valence-electron chi connectivity index (χ2n) is 30.1. The molecule has 0 saturated heterocycles. The highest BCUT2D eigenvalue weighted by atomic mass is 79.9. The Morgan fingerprint density at radius 2 is 0.447 bits per heavy atom. The Kier molecular flexibility index (Phi) is 14.9. The van der Waals surface area contributed by atoms with Crippen LogP contribution in [0.5, 0.6) is 0 Å². The molecule has 5 heterocycles. The molecule has 11 rings (SSSR count). The average molecular weight is 1180 g/mol. The smallest absolute Gasteiger partial charge is 0.0737 e. The molecular weight excluding hydrogens is 1100 g/mol. The van der Waals surface area contributed by atoms with E-state index in [1.807, 2.05) is 0 Å². The van der Waals surface area contributed by atoms with Gasteiger partial charge in [0.1, 0.15) is 0 Å². The molecule has 3 aromatic heterocycles. The van der Waals surface area contributed by atoms with E-state index in [2.05, 4.69) is 326 Å². The van der Waals surface area contributed by atoms with Crippen LogP contribution in [0.1, 0.15) is 181 Å². The van der Waals surface area contributed by atoms with Crippen LogP contribution in [0.3, 0.4) is 0 Å². The first-order chi connectivity index (χ1) is 39.8. The highest BCUT2D eigenvalue weighted by Gasteiger charge is 2.28. The standard InChI is InChI=1S/C80H85BrN4/c1-75(2,3)56-39-53(40-57(45-56)76(4,5)6)72-65-33-31-63(82-65)71(52-25-23-50(24-26-52)48-19-21-49(22-20-48)51-27-29-62(81)30-28-51)64-32-34-66(83-64)73(54-41-58(77(7,8)9)46-59(42-54)78(10,11)12)68-36-38-70(85-68)74(69-37-35-67(72)84-69)55-43-60(79(13,14)15)47-61(44-55)80(16,17)18/h19-47,82,85H,1-18H3. The number of hydrogen-bond donors (Lipinski definition) is 2. The van der Waals surface area contributed by atoms with Gasteiger partial charge in [-0.15, -0.1) is 0 Å². The van der Waals surface area contributed by atoms with Crippen LogP contribution in [0, 0.1) is 0 Å². The molecule has 0 atom stereocenters. The van der Waals surface area contributed by atoms with Gasteiger partial charge in [-0.3, -0.25) is 0 Å². The van der Waals surface area contributed by atoms with Crippen LogP contribution in [0.15, 0.2) is 156 Å². The molecule has 0 spiro atoms. The predicted molar refractivity (Wildman–Crippen MR) is 371 cm³/mol. The van der Waals surface area contributed by atoms with Gasteiger partial charge in [-0.05, 0) is 171 Å². The summed E-state index contributed by atoms with van der Waals surface area (Å²) in [5.74, 6) is 0. The largest absolute Gasteiger partial charge is 0.354 e. The van der Waals surface area contributed by atoms with Gasteiger partial charge in [0.05, 0.1) is 22.8 Å². The Morgan fingerprint density at radius 3 is 0.671 bits per heavy atom. The monoisotopic (exact) mass is 1180 g/mol. The molecule has 6 aromatic carbocycles. The van der Waals surface area contributed by atoms with Crippen LogP contribution in [0.2, 0.25) is 0 Å². The van der Waals surface area contributed by atoms with E-state index in [-0.39, 0.29) is 32.5 Å². The lowest BCUT2D eigenvalue weighted by molar-refractivity contribution is 0.568. The summed E-state index contributed by atoms with van der Waals surface area (Å²) < 4.78 is 1.07. The summed E-state index contributed by atoms with van der Waals surface area (Å²) in [6.07, 6.45) is 8.95. The van der Waals surface area contributed by atoms with Gasteiger partial charge < -0.3 is 9.97 Å². The summed E-state index contributed by atoms with van der Waals surface area (Å²) in [7, 11) is 0. The van der Waals surface area contributed by atoms with E-state index in [0.29, 0.717) is 0 Å². The van der Waals surface area contributed by atoms with E-state index in [1.165, 1.54) is 44.5 Å². The van der Waals surface area contributed by atoms with Gasteiger partial charge in [0.25, 0.3) is 0 Å². The first-order valence-electron chi connectivity index (χ1n) is 30.4. The van der Waals surface area contributed by atoms with Gasteiger partial charge >= 0.3 is 0 Å². The average Bonchev–Trinajstić information content (AvgIpc) is 2.04. The third-order valence-electron chi connectivity index (χ3n) is 17.2. The SMILES string of the molecule is CC(C)(C)c1cc(-c2c3nc(c(-c4cc(C(C)(C)C)cc(C(C)(C)C)c4)c4ccc([nH]4)c(-c4cc(C(C)(C)C)cc(C(C)(C)C)c4)c4nc(c(-c5ccc(-c6ccc(-c7ccc(Br)cc7)cc6)cc5)c5ccc2[nH]5)C=C4)C=C3)cc(C(C)(C)C)c1. The number of hydrogen-bond acceptors (Lipinski definition) is 2. The van der Waals surface area contributed by atoms with Crippen molar-refractivity contribution in [3.63, 3.8) is 0 Å². The lowest BCUT2D eigenvalue weighted by Gasteiger charge is -2.26. The Labute approximate surface area is 515 Å². The molecule has 9 aromatic rings. The van der Waals surface area contributed by atoms with E-state index in [1.54, 1.807) is 0 Å². The van der Waals surface area contributed by atoms with Crippen LogP contribution < -0.4 is 0 Å². The number of rotatable bonds is 6. The molecule has 0 saturated carbocycles. The summed E-state index contributed by atoms with van der Waals surface area (Å²) in [4.78, 5) is 19.9. The highest BCUT2D eigenvalue weighted by Crippen LogP contribution is 2.44. The van der Waals surface area contributed by atoms with Crippen molar-refractivity contribution in [3.05, 3.63) is 212 Å². The van der Waals surface area contributed by atoms with Gasteiger partial charge in [0.15, 0.2) is 0 Å². The third-order valence-corrected chi connectivity index (χ3v) is 17.7. The molecule has 4 nitrogen and oxygen atoms in total. The Balaban J connectivity index is 1.27. The molecule has 2 aliphatic rings. The maximum absolute atomic E-state index is 5.86. The zero-order valence-electron chi connectivity index (χ0n) is 53.5. The lowest BCUT2D eigenvalue weighted by Crippen LogP contribution is -2.16. The minimum atomic E-state index is -0.108. The van der Waals surface area contributed by atoms with E-state index in [4.69, 9.17) is 9.97 Å². The second-order valence-corrected chi connectivity index (χ2v) is 31.0. The van der Waals surface area contributed by atoms with Crippen molar-refractivity contribution in [2.45, 2.75) is 157 Å². The number of aromatic amines is 2. The molecule has 5 heteroatoms. The minimum Gasteiger partial charge on any atom is -0.354 e. The van der Waals surface area contributed by atoms with Gasteiger partial charge in [0.2, 0.25) is 0 Å². The van der Waals surface area contributed by atoms with Crippen molar-refractivity contribution < 1.29 is 0 Å². The number of halogens is 1. The van der Waals surface area contributed by atoms with Crippen LogP contribution >= 0.6 is 15.9 Å². The van der Waals surface area contributed by atoms with Crippen LogP contribution in [-0.2, 0) is 32.5 Å². The normalized spacial score (nSPS) is 13.3. The molecule has 0 fully saturated rings. The Bertz CT molecular complexity index is 4130. The molecule has 0 unspecified atom stereocenters. The molecule has 2 N–H and O–H groups in total. The van der Waals surface area contributed by atoms with E-state index < -0.39 is 0 Å². The Morgan fingerprint density at radius 1 is 0.247 bits per heavy atom. The molecular formula is C80H85BrN4. The number of nitrogens with one attached hydrogen (secondary N) is 2. The predicted octanol–water partition coefficient (Wildman–Crippen LogP) is 23.2. The van der Waals surface area contributed by atoms with Gasteiger partial charge in [-0.2, -0.15) is 0 Å². The fourth-order valence-corrected chi connectivity index (χ4v) is 11.9. The number of H-pyrrole nitrogens is 2. The molecule has 0 amide bonds. The summed E-state index contributed by atoms with van der Waals surface area (Å²) in [6, 6.07) is 57.1.